The number of nitrogens with zero attached hydrogens (tertiary/aromatic N) is 1. The first kappa shape index (κ1) is 8.75. The van der Waals surface area contributed by atoms with Crippen molar-refractivity contribution in [1.82, 2.24) is 9.88 Å². The maximum atomic E-state index is 12.8. The van der Waals surface area contributed by atoms with Gasteiger partial charge in [-0.15, -0.1) is 0 Å². The van der Waals surface area contributed by atoms with Gasteiger partial charge in [-0.3, -0.25) is 0 Å². The van der Waals surface area contributed by atoms with Crippen molar-refractivity contribution in [3.05, 3.63) is 24.5 Å². The van der Waals surface area contributed by atoms with Crippen LogP contribution >= 0.6 is 0 Å². The van der Waals surface area contributed by atoms with Gasteiger partial charge in [0.15, 0.2) is 0 Å². The number of alkyl halides is 1. The average Bonchev–Trinajstić information content (AvgIpc) is 2.62. The molecule has 0 spiro atoms. The molecule has 2 rings (SSSR count). The van der Waals surface area contributed by atoms with Gasteiger partial charge < -0.3 is 9.88 Å². The number of halogens is 1. The van der Waals surface area contributed by atoms with E-state index >= 15 is 0 Å². The summed E-state index contributed by atoms with van der Waals surface area (Å²) < 4.78 is 14.9. The van der Waals surface area contributed by atoms with Crippen molar-refractivity contribution in [1.29, 1.82) is 0 Å². The molecule has 0 aliphatic heterocycles. The van der Waals surface area contributed by atoms with E-state index in [0.717, 1.165) is 25.9 Å². The third-order valence-electron chi connectivity index (χ3n) is 2.63. The lowest BCUT2D eigenvalue weighted by Gasteiger charge is -2.31. The van der Waals surface area contributed by atoms with E-state index in [-0.39, 0.29) is 6.04 Å². The maximum Gasteiger partial charge on any atom is 0.115 e. The molecule has 72 valence electrons. The van der Waals surface area contributed by atoms with Gasteiger partial charge in [0, 0.05) is 31.5 Å². The topological polar surface area (TPSA) is 17.0 Å². The zero-order chi connectivity index (χ0) is 9.10. The number of hydrogen-bond acceptors (Lipinski definition) is 1. The Bertz CT molecular complexity index is 245. The van der Waals surface area contributed by atoms with E-state index in [1.54, 1.807) is 0 Å². The molecule has 0 radical (unpaired) electrons. The number of nitrogens with one attached hydrogen (secondary N) is 1. The van der Waals surface area contributed by atoms with Crippen LogP contribution in [-0.4, -0.2) is 23.3 Å². The second-order valence-corrected chi connectivity index (χ2v) is 3.57. The minimum absolute atomic E-state index is 0.121. The van der Waals surface area contributed by atoms with Gasteiger partial charge in [0.05, 0.1) is 0 Å². The summed E-state index contributed by atoms with van der Waals surface area (Å²) in [5.74, 6) is 0. The normalized spacial score (nSPS) is 27.2. The van der Waals surface area contributed by atoms with Gasteiger partial charge in [0.1, 0.15) is 6.17 Å². The van der Waals surface area contributed by atoms with E-state index in [1.165, 1.54) is 0 Å². The summed E-state index contributed by atoms with van der Waals surface area (Å²) in [5, 5.41) is 3.21. The highest BCUT2D eigenvalue weighted by molar-refractivity contribution is 4.91. The van der Waals surface area contributed by atoms with Crippen molar-refractivity contribution in [3.63, 3.8) is 0 Å². The Kier molecular flexibility index (Phi) is 2.64. The summed E-state index contributed by atoms with van der Waals surface area (Å²) >= 11 is 0. The van der Waals surface area contributed by atoms with Crippen LogP contribution < -0.4 is 5.32 Å². The van der Waals surface area contributed by atoms with E-state index in [2.05, 4.69) is 9.88 Å². The molecule has 3 heteroatoms. The number of aromatic nitrogens is 1. The van der Waals surface area contributed by atoms with E-state index in [9.17, 15) is 4.39 Å². The van der Waals surface area contributed by atoms with Crippen molar-refractivity contribution >= 4 is 0 Å². The van der Waals surface area contributed by atoms with Crippen LogP contribution in [-0.2, 0) is 6.54 Å². The molecule has 1 aliphatic carbocycles. The second kappa shape index (κ2) is 3.92. The van der Waals surface area contributed by atoms with Gasteiger partial charge in [-0.2, -0.15) is 0 Å². The van der Waals surface area contributed by atoms with Crippen LogP contribution in [0.25, 0.3) is 0 Å². The monoisotopic (exact) mass is 182 g/mol. The fourth-order valence-corrected chi connectivity index (χ4v) is 1.59. The van der Waals surface area contributed by atoms with Crippen molar-refractivity contribution in [3.8, 4) is 0 Å². The van der Waals surface area contributed by atoms with Crippen LogP contribution in [0.3, 0.4) is 0 Å². The van der Waals surface area contributed by atoms with E-state index in [0.29, 0.717) is 0 Å². The minimum Gasteiger partial charge on any atom is -0.353 e. The van der Waals surface area contributed by atoms with Crippen molar-refractivity contribution in [2.24, 2.45) is 0 Å². The van der Waals surface area contributed by atoms with Crippen molar-refractivity contribution < 1.29 is 4.39 Å². The summed E-state index contributed by atoms with van der Waals surface area (Å²) in [6.07, 6.45) is 5.17. The summed E-state index contributed by atoms with van der Waals surface area (Å²) in [5.41, 5.74) is 0. The van der Waals surface area contributed by atoms with Crippen LogP contribution in [0.15, 0.2) is 24.5 Å². The third-order valence-corrected chi connectivity index (χ3v) is 2.63. The molecule has 2 atom stereocenters. The molecule has 1 heterocycles. The highest BCUT2D eigenvalue weighted by atomic mass is 19.1. The average molecular weight is 182 g/mol. The number of hydrogen-bond donors (Lipinski definition) is 1. The molecule has 1 aliphatic rings. The molecule has 0 bridgehead atoms. The predicted octanol–water partition coefficient (Wildman–Crippen LogP) is 1.58. The van der Waals surface area contributed by atoms with Crippen LogP contribution in [0.2, 0.25) is 0 Å². The Morgan fingerprint density at radius 2 is 2.08 bits per heavy atom. The van der Waals surface area contributed by atoms with Gasteiger partial charge >= 0.3 is 0 Å². The lowest BCUT2D eigenvalue weighted by Crippen LogP contribution is -2.46. The molecule has 2 nitrogen and oxygen atoms in total. The zero-order valence-electron chi connectivity index (χ0n) is 7.62. The van der Waals surface area contributed by atoms with Crippen molar-refractivity contribution in [2.75, 3.05) is 6.54 Å². The molecule has 2 unspecified atom stereocenters. The first-order valence-electron chi connectivity index (χ1n) is 4.84. The van der Waals surface area contributed by atoms with Crippen LogP contribution in [0.1, 0.15) is 12.8 Å². The molecular formula is C10H15FN2. The van der Waals surface area contributed by atoms with Gasteiger partial charge in [-0.1, -0.05) is 0 Å². The quantitative estimate of drug-likeness (QED) is 0.748. The van der Waals surface area contributed by atoms with Gasteiger partial charge in [-0.05, 0) is 25.0 Å². The molecule has 1 aromatic rings. The SMILES string of the molecule is FC1CCC1NCCn1cccc1. The molecule has 1 saturated carbocycles. The molecule has 1 N–H and O–H groups in total. The Morgan fingerprint density at radius 3 is 2.62 bits per heavy atom. The summed E-state index contributed by atoms with van der Waals surface area (Å²) in [7, 11) is 0. The van der Waals surface area contributed by atoms with E-state index in [4.69, 9.17) is 0 Å². The van der Waals surface area contributed by atoms with E-state index in [1.807, 2.05) is 24.5 Å². The smallest absolute Gasteiger partial charge is 0.115 e. The van der Waals surface area contributed by atoms with Crippen LogP contribution in [0, 0.1) is 0 Å². The highest BCUT2D eigenvalue weighted by Gasteiger charge is 2.29. The third kappa shape index (κ3) is 2.10. The Labute approximate surface area is 77.7 Å². The molecule has 1 aromatic heterocycles. The fraction of sp³-hybridized carbons (Fsp3) is 0.600. The summed E-state index contributed by atoms with van der Waals surface area (Å²) in [6.45, 7) is 1.79. The Hall–Kier alpha value is -0.830. The molecule has 1 fully saturated rings. The van der Waals surface area contributed by atoms with Gasteiger partial charge in [-0.25, -0.2) is 4.39 Å². The minimum atomic E-state index is -0.607. The first-order valence-corrected chi connectivity index (χ1v) is 4.84. The Morgan fingerprint density at radius 1 is 1.31 bits per heavy atom. The zero-order valence-corrected chi connectivity index (χ0v) is 7.62. The maximum absolute atomic E-state index is 12.8. The van der Waals surface area contributed by atoms with Crippen LogP contribution in [0.5, 0.6) is 0 Å². The largest absolute Gasteiger partial charge is 0.353 e. The first-order chi connectivity index (χ1) is 6.36. The number of rotatable bonds is 4. The Balaban J connectivity index is 1.64. The molecular weight excluding hydrogens is 167 g/mol. The summed E-state index contributed by atoms with van der Waals surface area (Å²) in [6, 6.07) is 4.12. The molecule has 0 aromatic carbocycles. The standard InChI is InChI=1S/C10H15FN2/c11-9-3-4-10(9)12-5-8-13-6-1-2-7-13/h1-2,6-7,9-10,12H,3-5,8H2. The molecule has 13 heavy (non-hydrogen) atoms. The predicted molar refractivity (Wildman–Crippen MR) is 50.4 cm³/mol. The van der Waals surface area contributed by atoms with E-state index < -0.39 is 6.17 Å². The molecule has 0 amide bonds. The highest BCUT2D eigenvalue weighted by Crippen LogP contribution is 2.22. The van der Waals surface area contributed by atoms with Crippen LogP contribution in [0.4, 0.5) is 4.39 Å². The molecule has 0 saturated heterocycles. The van der Waals surface area contributed by atoms with Crippen molar-refractivity contribution in [2.45, 2.75) is 31.6 Å². The summed E-state index contributed by atoms with van der Waals surface area (Å²) in [4.78, 5) is 0. The fourth-order valence-electron chi connectivity index (χ4n) is 1.59. The lowest BCUT2D eigenvalue weighted by atomic mass is 9.91. The lowest BCUT2D eigenvalue weighted by molar-refractivity contribution is 0.142. The van der Waals surface area contributed by atoms with Gasteiger partial charge in [0.2, 0.25) is 0 Å². The second-order valence-electron chi connectivity index (χ2n) is 3.57. The van der Waals surface area contributed by atoms with Gasteiger partial charge in [0.25, 0.3) is 0 Å².